The average molecular weight is 375 g/mol. The SMILES string of the molecule is COc1ccc([N+](=O)[O-])cc1NCC(=O)NC1CCCC(C(F)(F)F)C1. The number of carbonyl (C=O) groups is 1. The van der Waals surface area contributed by atoms with Crippen LogP contribution < -0.4 is 15.4 Å². The highest BCUT2D eigenvalue weighted by molar-refractivity contribution is 5.81. The van der Waals surface area contributed by atoms with E-state index < -0.39 is 29.0 Å². The molecule has 2 N–H and O–H groups in total. The quantitative estimate of drug-likeness (QED) is 0.588. The molecule has 1 aliphatic rings. The van der Waals surface area contributed by atoms with Gasteiger partial charge in [0.2, 0.25) is 5.91 Å². The number of halogens is 3. The summed E-state index contributed by atoms with van der Waals surface area (Å²) >= 11 is 0. The van der Waals surface area contributed by atoms with E-state index in [1.807, 2.05) is 0 Å². The number of alkyl halides is 3. The van der Waals surface area contributed by atoms with Crippen LogP contribution in [-0.2, 0) is 4.79 Å². The molecule has 26 heavy (non-hydrogen) atoms. The molecule has 0 aliphatic heterocycles. The van der Waals surface area contributed by atoms with Crippen LogP contribution in [-0.4, -0.2) is 36.7 Å². The van der Waals surface area contributed by atoms with Gasteiger partial charge in [0.15, 0.2) is 0 Å². The molecule has 0 spiro atoms. The first kappa shape index (κ1) is 19.8. The number of ether oxygens (including phenoxy) is 1. The van der Waals surface area contributed by atoms with Crippen molar-refractivity contribution < 1.29 is 27.6 Å². The Kier molecular flexibility index (Phi) is 6.27. The average Bonchev–Trinajstić information content (AvgIpc) is 2.59. The Labute approximate surface area is 148 Å². The minimum absolute atomic E-state index is 0.0823. The molecule has 2 unspecified atom stereocenters. The summed E-state index contributed by atoms with van der Waals surface area (Å²) in [5.74, 6) is -1.56. The van der Waals surface area contributed by atoms with Gasteiger partial charge in [-0.15, -0.1) is 0 Å². The normalized spacial score (nSPS) is 20.3. The largest absolute Gasteiger partial charge is 0.495 e. The number of nitrogens with one attached hydrogen (secondary N) is 2. The van der Waals surface area contributed by atoms with Crippen molar-refractivity contribution in [2.24, 2.45) is 5.92 Å². The number of benzene rings is 1. The number of nitrogens with zero attached hydrogens (tertiary/aromatic N) is 1. The lowest BCUT2D eigenvalue weighted by Gasteiger charge is -2.31. The van der Waals surface area contributed by atoms with Crippen LogP contribution in [0.25, 0.3) is 0 Å². The lowest BCUT2D eigenvalue weighted by atomic mass is 9.85. The summed E-state index contributed by atoms with van der Waals surface area (Å²) < 4.78 is 43.5. The number of nitro groups is 1. The maximum absolute atomic E-state index is 12.8. The molecular formula is C16H20F3N3O4. The van der Waals surface area contributed by atoms with Crippen molar-refractivity contribution in [1.29, 1.82) is 0 Å². The Hall–Kier alpha value is -2.52. The van der Waals surface area contributed by atoms with E-state index in [4.69, 9.17) is 4.74 Å². The van der Waals surface area contributed by atoms with E-state index in [2.05, 4.69) is 10.6 Å². The van der Waals surface area contributed by atoms with Gasteiger partial charge in [0.05, 0.1) is 30.2 Å². The van der Waals surface area contributed by atoms with E-state index >= 15 is 0 Å². The number of nitro benzene ring substituents is 1. The molecule has 1 saturated carbocycles. The number of hydrogen-bond acceptors (Lipinski definition) is 5. The lowest BCUT2D eigenvalue weighted by molar-refractivity contribution is -0.384. The van der Waals surface area contributed by atoms with E-state index in [0.29, 0.717) is 18.6 Å². The van der Waals surface area contributed by atoms with Crippen molar-refractivity contribution in [3.8, 4) is 5.75 Å². The van der Waals surface area contributed by atoms with Crippen LogP contribution in [0.3, 0.4) is 0 Å². The molecule has 10 heteroatoms. The van der Waals surface area contributed by atoms with Crippen molar-refractivity contribution in [2.45, 2.75) is 37.9 Å². The molecule has 2 rings (SSSR count). The number of carbonyl (C=O) groups excluding carboxylic acids is 1. The topological polar surface area (TPSA) is 93.5 Å². The summed E-state index contributed by atoms with van der Waals surface area (Å²) in [5, 5.41) is 16.1. The van der Waals surface area contributed by atoms with E-state index in [0.717, 1.165) is 0 Å². The van der Waals surface area contributed by atoms with Gasteiger partial charge in [0.25, 0.3) is 5.69 Å². The zero-order valence-corrected chi connectivity index (χ0v) is 14.1. The van der Waals surface area contributed by atoms with Crippen molar-refractivity contribution in [3.05, 3.63) is 28.3 Å². The first-order valence-electron chi connectivity index (χ1n) is 8.13. The van der Waals surface area contributed by atoms with Crippen LogP contribution in [0.15, 0.2) is 18.2 Å². The van der Waals surface area contributed by atoms with E-state index in [9.17, 15) is 28.1 Å². The van der Waals surface area contributed by atoms with Gasteiger partial charge in [-0.1, -0.05) is 6.42 Å². The minimum atomic E-state index is -4.25. The zero-order chi connectivity index (χ0) is 19.3. The Bertz CT molecular complexity index is 667. The number of methoxy groups -OCH3 is 1. The summed E-state index contributed by atoms with van der Waals surface area (Å²) in [4.78, 5) is 22.3. The number of non-ortho nitro benzene ring substituents is 1. The van der Waals surface area contributed by atoms with Crippen molar-refractivity contribution in [1.82, 2.24) is 5.32 Å². The highest BCUT2D eigenvalue weighted by Gasteiger charge is 2.42. The van der Waals surface area contributed by atoms with Gasteiger partial charge in [-0.2, -0.15) is 13.2 Å². The van der Waals surface area contributed by atoms with Gasteiger partial charge < -0.3 is 15.4 Å². The molecule has 144 valence electrons. The first-order chi connectivity index (χ1) is 12.2. The number of rotatable bonds is 6. The molecule has 0 radical (unpaired) electrons. The second-order valence-corrected chi connectivity index (χ2v) is 6.16. The Morgan fingerprint density at radius 1 is 1.38 bits per heavy atom. The molecule has 1 fully saturated rings. The molecule has 0 saturated heterocycles. The fourth-order valence-corrected chi connectivity index (χ4v) is 3.02. The van der Waals surface area contributed by atoms with Crippen molar-refractivity contribution in [3.63, 3.8) is 0 Å². The van der Waals surface area contributed by atoms with E-state index in [1.165, 1.54) is 25.3 Å². The monoisotopic (exact) mass is 375 g/mol. The molecule has 7 nitrogen and oxygen atoms in total. The standard InChI is InChI=1S/C16H20F3N3O4/c1-26-14-6-5-12(22(24)25)8-13(14)20-9-15(23)21-11-4-2-3-10(7-11)16(17,18)19/h5-6,8,10-11,20H,2-4,7,9H2,1H3,(H,21,23). The summed E-state index contributed by atoms with van der Waals surface area (Å²) in [7, 11) is 1.38. The third kappa shape index (κ3) is 5.24. The van der Waals surface area contributed by atoms with Crippen molar-refractivity contribution >= 4 is 17.3 Å². The Morgan fingerprint density at radius 2 is 2.12 bits per heavy atom. The fraction of sp³-hybridized carbons (Fsp3) is 0.562. The molecule has 1 aromatic rings. The van der Waals surface area contributed by atoms with Gasteiger partial charge in [-0.05, 0) is 25.3 Å². The smallest absolute Gasteiger partial charge is 0.391 e. The second kappa shape index (κ2) is 8.24. The summed E-state index contributed by atoms with van der Waals surface area (Å²) in [6, 6.07) is 3.36. The first-order valence-corrected chi connectivity index (χ1v) is 8.13. The number of anilines is 1. The number of hydrogen-bond donors (Lipinski definition) is 2. The predicted molar refractivity (Wildman–Crippen MR) is 88.1 cm³/mol. The molecule has 1 aromatic carbocycles. The van der Waals surface area contributed by atoms with Gasteiger partial charge in [0, 0.05) is 18.2 Å². The third-order valence-corrected chi connectivity index (χ3v) is 4.34. The third-order valence-electron chi connectivity index (χ3n) is 4.34. The van der Waals surface area contributed by atoms with Crippen LogP contribution >= 0.6 is 0 Å². The maximum atomic E-state index is 12.8. The van der Waals surface area contributed by atoms with Gasteiger partial charge in [-0.25, -0.2) is 0 Å². The minimum Gasteiger partial charge on any atom is -0.495 e. The summed E-state index contributed by atoms with van der Waals surface area (Å²) in [5.41, 5.74) is 0.0858. The maximum Gasteiger partial charge on any atom is 0.391 e. The fourth-order valence-electron chi connectivity index (χ4n) is 3.02. The second-order valence-electron chi connectivity index (χ2n) is 6.16. The lowest BCUT2D eigenvalue weighted by Crippen LogP contribution is -2.43. The molecule has 1 amide bonds. The molecule has 0 aromatic heterocycles. The van der Waals surface area contributed by atoms with Gasteiger partial charge in [-0.3, -0.25) is 14.9 Å². The highest BCUT2D eigenvalue weighted by atomic mass is 19.4. The summed E-state index contributed by atoms with van der Waals surface area (Å²) in [6.07, 6.45) is -3.40. The van der Waals surface area contributed by atoms with E-state index in [1.54, 1.807) is 0 Å². The molecule has 2 atom stereocenters. The van der Waals surface area contributed by atoms with E-state index in [-0.39, 0.29) is 30.8 Å². The Balaban J connectivity index is 1.92. The summed E-state index contributed by atoms with van der Waals surface area (Å²) in [6.45, 7) is -0.231. The molecular weight excluding hydrogens is 355 g/mol. The zero-order valence-electron chi connectivity index (χ0n) is 14.1. The number of amides is 1. The van der Waals surface area contributed by atoms with Crippen LogP contribution in [0.2, 0.25) is 0 Å². The Morgan fingerprint density at radius 3 is 2.73 bits per heavy atom. The van der Waals surface area contributed by atoms with Crippen LogP contribution in [0.1, 0.15) is 25.7 Å². The van der Waals surface area contributed by atoms with Crippen LogP contribution in [0.5, 0.6) is 5.75 Å². The predicted octanol–water partition coefficient (Wildman–Crippen LogP) is 3.25. The molecule has 1 aliphatic carbocycles. The van der Waals surface area contributed by atoms with Crippen LogP contribution in [0.4, 0.5) is 24.5 Å². The van der Waals surface area contributed by atoms with Gasteiger partial charge >= 0.3 is 6.18 Å². The molecule has 0 heterocycles. The van der Waals surface area contributed by atoms with Crippen molar-refractivity contribution in [2.75, 3.05) is 19.0 Å². The highest BCUT2D eigenvalue weighted by Crippen LogP contribution is 2.37. The molecule has 0 bridgehead atoms. The van der Waals surface area contributed by atoms with Gasteiger partial charge in [0.1, 0.15) is 5.75 Å². The van der Waals surface area contributed by atoms with Crippen LogP contribution in [0, 0.1) is 16.0 Å².